The first-order chi connectivity index (χ1) is 15.7. The molecule has 176 valence electrons. The fourth-order valence-corrected chi connectivity index (χ4v) is 4.87. The second-order valence-electron chi connectivity index (χ2n) is 9.08. The highest BCUT2D eigenvalue weighted by molar-refractivity contribution is 5.94. The average Bonchev–Trinajstić information content (AvgIpc) is 2.85. The van der Waals surface area contributed by atoms with Gasteiger partial charge in [0.15, 0.2) is 12.1 Å². The number of ether oxygens (including phenoxy) is 1. The Hall–Kier alpha value is -2.03. The molecule has 1 unspecified atom stereocenters. The molecule has 3 heterocycles. The van der Waals surface area contributed by atoms with Crippen molar-refractivity contribution >= 4 is 17.8 Å². The van der Waals surface area contributed by atoms with Gasteiger partial charge in [0.2, 0.25) is 0 Å². The minimum absolute atomic E-state index is 0.376. The third-order valence-electron chi connectivity index (χ3n) is 6.61. The number of rotatable bonds is 7. The van der Waals surface area contributed by atoms with Crippen molar-refractivity contribution in [2.45, 2.75) is 82.6 Å². The van der Waals surface area contributed by atoms with Gasteiger partial charge in [-0.3, -0.25) is 9.69 Å². The van der Waals surface area contributed by atoms with Crippen LogP contribution >= 0.6 is 0 Å². The van der Waals surface area contributed by atoms with E-state index in [0.717, 1.165) is 43.7 Å². The van der Waals surface area contributed by atoms with E-state index in [1.165, 1.54) is 45.1 Å². The lowest BCUT2D eigenvalue weighted by atomic mass is 9.92. The van der Waals surface area contributed by atoms with Gasteiger partial charge < -0.3 is 10.1 Å². The monoisotopic (exact) mass is 446 g/mol. The lowest BCUT2D eigenvalue weighted by molar-refractivity contribution is -0.199. The van der Waals surface area contributed by atoms with Gasteiger partial charge in [0.1, 0.15) is 5.82 Å². The van der Waals surface area contributed by atoms with Crippen LogP contribution in [0.2, 0.25) is 0 Å². The van der Waals surface area contributed by atoms with Gasteiger partial charge in [-0.15, -0.1) is 0 Å². The van der Waals surface area contributed by atoms with E-state index in [2.05, 4.69) is 20.7 Å². The number of halogens is 1. The maximum atomic E-state index is 14.2. The number of nitrogens with one attached hydrogen (secondary N) is 2. The number of pyridine rings is 1. The first kappa shape index (κ1) is 23.1. The third kappa shape index (κ3) is 6.73. The second-order valence-corrected chi connectivity index (χ2v) is 9.08. The molecule has 4 rings (SSSR count). The fraction of sp³-hybridized carbons (Fsp3) is 0.667. The van der Waals surface area contributed by atoms with Crippen molar-refractivity contribution in [3.05, 3.63) is 29.7 Å². The highest BCUT2D eigenvalue weighted by atomic mass is 19.1. The lowest BCUT2D eigenvalue weighted by Gasteiger charge is -2.40. The zero-order valence-corrected chi connectivity index (χ0v) is 18.7. The summed E-state index contributed by atoms with van der Waals surface area (Å²) in [5.41, 5.74) is 2.64. The smallest absolute Gasteiger partial charge is 0.303 e. The van der Waals surface area contributed by atoms with E-state index < -0.39 is 18.0 Å². The largest absolute Gasteiger partial charge is 0.366 e. The Labute approximate surface area is 189 Å². The number of hydrogen-bond acceptors (Lipinski definition) is 6. The van der Waals surface area contributed by atoms with Crippen molar-refractivity contribution in [1.29, 1.82) is 0 Å². The van der Waals surface area contributed by atoms with Crippen molar-refractivity contribution < 1.29 is 18.8 Å². The Balaban J connectivity index is 1.25. The van der Waals surface area contributed by atoms with Gasteiger partial charge in [0.25, 0.3) is 0 Å². The average molecular weight is 447 g/mol. The first-order valence-electron chi connectivity index (χ1n) is 12.1. The highest BCUT2D eigenvalue weighted by Gasteiger charge is 2.27. The van der Waals surface area contributed by atoms with Crippen LogP contribution in [0.4, 0.5) is 10.2 Å². The number of carbonyl (C=O) groups excluding carboxylic acids is 1. The number of anilines is 1. The van der Waals surface area contributed by atoms with Crippen molar-refractivity contribution in [1.82, 2.24) is 15.4 Å². The molecule has 1 aliphatic carbocycles. The van der Waals surface area contributed by atoms with Crippen molar-refractivity contribution in [3.63, 3.8) is 0 Å². The summed E-state index contributed by atoms with van der Waals surface area (Å²) in [6.07, 6.45) is 13.9. The van der Waals surface area contributed by atoms with Crippen LogP contribution in [0.5, 0.6) is 0 Å². The predicted octanol–water partition coefficient (Wildman–Crippen LogP) is 4.18. The topological polar surface area (TPSA) is 75.7 Å². The lowest BCUT2D eigenvalue weighted by Crippen LogP contribution is -2.47. The number of likely N-dealkylation sites (tertiary alicyclic amines) is 1. The summed E-state index contributed by atoms with van der Waals surface area (Å²) < 4.78 is 19.6. The van der Waals surface area contributed by atoms with Gasteiger partial charge in [-0.05, 0) is 68.8 Å². The quantitative estimate of drug-likeness (QED) is 0.484. The molecule has 2 aliphatic heterocycles. The summed E-state index contributed by atoms with van der Waals surface area (Å²) in [4.78, 5) is 24.1. The van der Waals surface area contributed by atoms with Gasteiger partial charge >= 0.3 is 5.91 Å². The summed E-state index contributed by atoms with van der Waals surface area (Å²) >= 11 is 0. The van der Waals surface area contributed by atoms with E-state index in [-0.39, 0.29) is 0 Å². The van der Waals surface area contributed by atoms with Crippen LogP contribution in [0, 0.1) is 0 Å². The van der Waals surface area contributed by atoms with Crippen molar-refractivity contribution in [2.24, 2.45) is 0 Å². The molecule has 2 atom stereocenters. The molecule has 2 N–H and O–H groups in total. The molecule has 1 amide bonds. The fourth-order valence-electron chi connectivity index (χ4n) is 4.87. The maximum absolute atomic E-state index is 14.2. The number of carbonyl (C=O) groups is 1. The molecule has 0 spiro atoms. The normalized spacial score (nSPS) is 26.0. The van der Waals surface area contributed by atoms with E-state index in [9.17, 15) is 9.18 Å². The number of hydroxylamine groups is 1. The molecule has 3 fully saturated rings. The summed E-state index contributed by atoms with van der Waals surface area (Å²) in [5.74, 6) is -1.08. The van der Waals surface area contributed by atoms with Crippen LogP contribution in [0.25, 0.3) is 6.08 Å². The van der Waals surface area contributed by atoms with Gasteiger partial charge in [-0.2, -0.15) is 0 Å². The Morgan fingerprint density at radius 3 is 2.72 bits per heavy atom. The van der Waals surface area contributed by atoms with Crippen molar-refractivity contribution in [3.8, 4) is 0 Å². The zero-order valence-electron chi connectivity index (χ0n) is 18.7. The standard InChI is InChI=1S/C24H35FN4O3/c25-21(24(30)28-32-23-10-4-5-14-31-23)15-18-11-12-22(26-16-18)27-19-7-6-13-29(17-19)20-8-2-1-3-9-20/h11-12,15-16,19-20,23H,1-10,13-14,17H2,(H,26,27)(H,28,30)/t19-,23?/m1/s1. The molecule has 0 aromatic carbocycles. The Bertz CT molecular complexity index is 761. The van der Waals surface area contributed by atoms with Gasteiger partial charge in [0, 0.05) is 37.9 Å². The number of piperidine rings is 1. The minimum Gasteiger partial charge on any atom is -0.366 e. The van der Waals surface area contributed by atoms with E-state index in [0.29, 0.717) is 24.6 Å². The first-order valence-corrected chi connectivity index (χ1v) is 12.1. The summed E-state index contributed by atoms with van der Waals surface area (Å²) in [6, 6.07) is 4.70. The molecule has 0 radical (unpaired) electrons. The number of hydrogen-bond donors (Lipinski definition) is 2. The highest BCUT2D eigenvalue weighted by Crippen LogP contribution is 2.26. The van der Waals surface area contributed by atoms with Crippen molar-refractivity contribution in [2.75, 3.05) is 25.0 Å². The van der Waals surface area contributed by atoms with Crippen LogP contribution < -0.4 is 10.8 Å². The Morgan fingerprint density at radius 1 is 1.12 bits per heavy atom. The molecular formula is C24H35FN4O3. The Kier molecular flexibility index (Phi) is 8.48. The van der Waals surface area contributed by atoms with Crippen LogP contribution in [-0.4, -0.2) is 53.9 Å². The van der Waals surface area contributed by atoms with Gasteiger partial charge in [-0.1, -0.05) is 19.3 Å². The number of amides is 1. The predicted molar refractivity (Wildman–Crippen MR) is 121 cm³/mol. The molecular weight excluding hydrogens is 411 g/mol. The SMILES string of the molecule is O=C(NOC1CCCCO1)C(F)=Cc1ccc(N[C@@H]2CCCN(C3CCCCC3)C2)nc1. The van der Waals surface area contributed by atoms with E-state index in [4.69, 9.17) is 9.57 Å². The van der Waals surface area contributed by atoms with Crippen LogP contribution in [0.1, 0.15) is 69.8 Å². The van der Waals surface area contributed by atoms with Gasteiger partial charge in [-0.25, -0.2) is 19.7 Å². The summed E-state index contributed by atoms with van der Waals surface area (Å²) in [7, 11) is 0. The molecule has 3 aliphatic rings. The molecule has 2 saturated heterocycles. The second kappa shape index (κ2) is 11.7. The van der Waals surface area contributed by atoms with Crippen LogP contribution in [-0.2, 0) is 14.4 Å². The summed E-state index contributed by atoms with van der Waals surface area (Å²) in [5, 5.41) is 3.53. The van der Waals surface area contributed by atoms with Gasteiger partial charge in [0.05, 0.1) is 0 Å². The molecule has 0 bridgehead atoms. The van der Waals surface area contributed by atoms with E-state index >= 15 is 0 Å². The van der Waals surface area contributed by atoms with Crippen LogP contribution in [0.3, 0.4) is 0 Å². The molecule has 7 nitrogen and oxygen atoms in total. The van der Waals surface area contributed by atoms with Crippen LogP contribution in [0.15, 0.2) is 24.2 Å². The Morgan fingerprint density at radius 2 is 1.97 bits per heavy atom. The molecule has 1 saturated carbocycles. The molecule has 8 heteroatoms. The molecule has 1 aromatic rings. The number of aromatic nitrogens is 1. The minimum atomic E-state index is -0.932. The molecule has 1 aromatic heterocycles. The van der Waals surface area contributed by atoms with E-state index in [1.54, 1.807) is 12.3 Å². The zero-order chi connectivity index (χ0) is 22.2. The summed E-state index contributed by atoms with van der Waals surface area (Å²) in [6.45, 7) is 2.83. The number of nitrogens with zero attached hydrogens (tertiary/aromatic N) is 2. The third-order valence-corrected chi connectivity index (χ3v) is 6.61. The maximum Gasteiger partial charge on any atom is 0.303 e. The van der Waals surface area contributed by atoms with E-state index in [1.807, 2.05) is 6.07 Å². The molecule has 32 heavy (non-hydrogen) atoms.